The monoisotopic (exact) mass is 285 g/mol. The molecule has 0 aliphatic carbocycles. The lowest BCUT2D eigenvalue weighted by Crippen LogP contribution is -2.23. The summed E-state index contributed by atoms with van der Waals surface area (Å²) < 4.78 is 0. The first-order valence-electron chi connectivity index (χ1n) is 6.72. The minimum absolute atomic E-state index is 0.229. The second kappa shape index (κ2) is 8.30. The van der Waals surface area contributed by atoms with Crippen molar-refractivity contribution in [3.8, 4) is 0 Å². The molecule has 108 valence electrons. The molecule has 0 saturated heterocycles. The Kier molecular flexibility index (Phi) is 7.05. The molecule has 0 saturated carbocycles. The highest BCUT2D eigenvalue weighted by atomic mass is 32.1. The van der Waals surface area contributed by atoms with Crippen molar-refractivity contribution in [1.29, 1.82) is 0 Å². The van der Waals surface area contributed by atoms with E-state index in [4.69, 9.17) is 10.2 Å². The number of hydrogen-bond acceptors (Lipinski definition) is 4. The molecule has 0 fully saturated rings. The number of thiophene rings is 1. The summed E-state index contributed by atoms with van der Waals surface area (Å²) in [7, 11) is 0. The first-order chi connectivity index (χ1) is 9.08. The lowest BCUT2D eigenvalue weighted by molar-refractivity contribution is 0.0702. The Hall–Kier alpha value is -0.910. The van der Waals surface area contributed by atoms with Crippen LogP contribution >= 0.6 is 11.3 Å². The third-order valence-electron chi connectivity index (χ3n) is 3.21. The molecular weight excluding hydrogens is 262 g/mol. The van der Waals surface area contributed by atoms with Gasteiger partial charge >= 0.3 is 5.97 Å². The van der Waals surface area contributed by atoms with Crippen LogP contribution in [0.15, 0.2) is 6.07 Å². The van der Waals surface area contributed by atoms with Gasteiger partial charge in [0.05, 0.1) is 0 Å². The molecule has 0 amide bonds. The molecule has 1 heterocycles. The number of nitrogens with one attached hydrogen (secondary N) is 1. The Labute approximate surface area is 118 Å². The topological polar surface area (TPSA) is 69.6 Å². The highest BCUT2D eigenvalue weighted by Gasteiger charge is 2.11. The van der Waals surface area contributed by atoms with Gasteiger partial charge in [0, 0.05) is 18.0 Å². The summed E-state index contributed by atoms with van der Waals surface area (Å²) >= 11 is 1.32. The SMILES string of the molecule is CCCC(CCO)CNCc1cc(C(=O)O)sc1C. The summed E-state index contributed by atoms with van der Waals surface area (Å²) in [6.45, 7) is 5.89. The van der Waals surface area contributed by atoms with E-state index in [9.17, 15) is 4.79 Å². The fraction of sp³-hybridized carbons (Fsp3) is 0.643. The zero-order chi connectivity index (χ0) is 14.3. The van der Waals surface area contributed by atoms with Gasteiger partial charge in [-0.1, -0.05) is 13.3 Å². The maximum absolute atomic E-state index is 10.9. The van der Waals surface area contributed by atoms with Gasteiger partial charge in [-0.25, -0.2) is 4.79 Å². The van der Waals surface area contributed by atoms with Crippen LogP contribution in [0.2, 0.25) is 0 Å². The minimum Gasteiger partial charge on any atom is -0.477 e. The molecule has 0 aromatic carbocycles. The average Bonchev–Trinajstić information content (AvgIpc) is 2.72. The number of carboxylic acids is 1. The molecule has 1 aromatic rings. The van der Waals surface area contributed by atoms with E-state index >= 15 is 0 Å². The Balaban J connectivity index is 2.45. The zero-order valence-electron chi connectivity index (χ0n) is 11.6. The molecule has 1 unspecified atom stereocenters. The van der Waals surface area contributed by atoms with Crippen molar-refractivity contribution in [2.45, 2.75) is 39.7 Å². The molecule has 0 bridgehead atoms. The van der Waals surface area contributed by atoms with E-state index in [-0.39, 0.29) is 6.61 Å². The van der Waals surface area contributed by atoms with E-state index in [1.807, 2.05) is 6.92 Å². The van der Waals surface area contributed by atoms with Gasteiger partial charge in [0.2, 0.25) is 0 Å². The van der Waals surface area contributed by atoms with Crippen molar-refractivity contribution >= 4 is 17.3 Å². The van der Waals surface area contributed by atoms with E-state index in [0.29, 0.717) is 17.3 Å². The summed E-state index contributed by atoms with van der Waals surface area (Å²) in [4.78, 5) is 12.3. The van der Waals surface area contributed by atoms with Crippen LogP contribution in [-0.4, -0.2) is 29.3 Å². The van der Waals surface area contributed by atoms with Crippen LogP contribution in [-0.2, 0) is 6.54 Å². The van der Waals surface area contributed by atoms with Crippen molar-refractivity contribution in [2.75, 3.05) is 13.2 Å². The lowest BCUT2D eigenvalue weighted by Gasteiger charge is -2.15. The molecule has 0 aliphatic rings. The van der Waals surface area contributed by atoms with Crippen molar-refractivity contribution in [1.82, 2.24) is 5.32 Å². The Bertz CT molecular complexity index is 397. The number of aromatic carboxylic acids is 1. The molecule has 19 heavy (non-hydrogen) atoms. The summed E-state index contributed by atoms with van der Waals surface area (Å²) in [5.74, 6) is -0.364. The van der Waals surface area contributed by atoms with Gasteiger partial charge in [-0.05, 0) is 43.9 Å². The second-order valence-electron chi connectivity index (χ2n) is 4.80. The van der Waals surface area contributed by atoms with Crippen LogP contribution in [0.4, 0.5) is 0 Å². The van der Waals surface area contributed by atoms with Crippen molar-refractivity contribution in [2.24, 2.45) is 5.92 Å². The third kappa shape index (κ3) is 5.30. The average molecular weight is 285 g/mol. The summed E-state index contributed by atoms with van der Waals surface area (Å²) in [6.07, 6.45) is 3.05. The van der Waals surface area contributed by atoms with E-state index < -0.39 is 5.97 Å². The first-order valence-corrected chi connectivity index (χ1v) is 7.54. The van der Waals surface area contributed by atoms with Crippen LogP contribution in [0.5, 0.6) is 0 Å². The molecule has 5 heteroatoms. The molecule has 3 N–H and O–H groups in total. The van der Waals surface area contributed by atoms with E-state index in [0.717, 1.165) is 36.2 Å². The molecule has 0 aliphatic heterocycles. The first kappa shape index (κ1) is 16.1. The highest BCUT2D eigenvalue weighted by molar-refractivity contribution is 7.14. The predicted molar refractivity (Wildman–Crippen MR) is 77.8 cm³/mol. The number of aliphatic hydroxyl groups excluding tert-OH is 1. The van der Waals surface area contributed by atoms with Gasteiger partial charge in [-0.2, -0.15) is 0 Å². The van der Waals surface area contributed by atoms with Crippen LogP contribution in [0.25, 0.3) is 0 Å². The number of carboxylic acid groups (broad SMARTS) is 1. The fourth-order valence-electron chi connectivity index (χ4n) is 2.15. The van der Waals surface area contributed by atoms with E-state index in [1.54, 1.807) is 6.07 Å². The van der Waals surface area contributed by atoms with Gasteiger partial charge in [0.25, 0.3) is 0 Å². The van der Waals surface area contributed by atoms with Crippen molar-refractivity contribution < 1.29 is 15.0 Å². The number of aliphatic hydroxyl groups is 1. The molecule has 0 radical (unpaired) electrons. The van der Waals surface area contributed by atoms with Crippen LogP contribution in [0.1, 0.15) is 46.3 Å². The Morgan fingerprint density at radius 1 is 1.47 bits per heavy atom. The van der Waals surface area contributed by atoms with Gasteiger partial charge in [-0.15, -0.1) is 11.3 Å². The molecule has 0 spiro atoms. The fourth-order valence-corrected chi connectivity index (χ4v) is 3.03. The largest absolute Gasteiger partial charge is 0.477 e. The summed E-state index contributed by atoms with van der Waals surface area (Å²) in [6, 6.07) is 1.75. The van der Waals surface area contributed by atoms with Gasteiger partial charge in [-0.3, -0.25) is 0 Å². The van der Waals surface area contributed by atoms with E-state index in [1.165, 1.54) is 11.3 Å². The Morgan fingerprint density at radius 3 is 2.74 bits per heavy atom. The summed E-state index contributed by atoms with van der Waals surface area (Å²) in [5.41, 5.74) is 1.06. The third-order valence-corrected chi connectivity index (χ3v) is 4.29. The quantitative estimate of drug-likeness (QED) is 0.652. The highest BCUT2D eigenvalue weighted by Crippen LogP contribution is 2.21. The van der Waals surface area contributed by atoms with Crippen LogP contribution in [0, 0.1) is 12.8 Å². The number of aryl methyl sites for hydroxylation is 1. The maximum Gasteiger partial charge on any atom is 0.345 e. The maximum atomic E-state index is 10.9. The number of rotatable bonds is 9. The normalized spacial score (nSPS) is 12.6. The molecule has 1 aromatic heterocycles. The van der Waals surface area contributed by atoms with E-state index in [2.05, 4.69) is 12.2 Å². The number of hydrogen-bond donors (Lipinski definition) is 3. The number of carbonyl (C=O) groups is 1. The minimum atomic E-state index is -0.858. The van der Waals surface area contributed by atoms with Gasteiger partial charge in [0.15, 0.2) is 0 Å². The zero-order valence-corrected chi connectivity index (χ0v) is 12.4. The van der Waals surface area contributed by atoms with Crippen LogP contribution < -0.4 is 5.32 Å². The van der Waals surface area contributed by atoms with Gasteiger partial charge in [0.1, 0.15) is 4.88 Å². The molecule has 1 atom stereocenters. The molecule has 4 nitrogen and oxygen atoms in total. The standard InChI is InChI=1S/C14H23NO3S/c1-3-4-11(5-6-16)8-15-9-12-7-13(14(17)18)19-10(12)2/h7,11,15-16H,3-6,8-9H2,1-2H3,(H,17,18). The predicted octanol–water partition coefficient (Wildman–Crippen LogP) is 2.64. The molecular formula is C14H23NO3S. The lowest BCUT2D eigenvalue weighted by atomic mass is 10.0. The van der Waals surface area contributed by atoms with Gasteiger partial charge < -0.3 is 15.5 Å². The van der Waals surface area contributed by atoms with Crippen molar-refractivity contribution in [3.63, 3.8) is 0 Å². The van der Waals surface area contributed by atoms with Crippen molar-refractivity contribution in [3.05, 3.63) is 21.4 Å². The second-order valence-corrected chi connectivity index (χ2v) is 6.05. The Morgan fingerprint density at radius 2 is 2.21 bits per heavy atom. The smallest absolute Gasteiger partial charge is 0.345 e. The van der Waals surface area contributed by atoms with Crippen LogP contribution in [0.3, 0.4) is 0 Å². The summed E-state index contributed by atoms with van der Waals surface area (Å²) in [5, 5.41) is 21.3. The molecule has 1 rings (SSSR count).